The summed E-state index contributed by atoms with van der Waals surface area (Å²) in [4.78, 5) is 0. The van der Waals surface area contributed by atoms with Crippen LogP contribution in [0.25, 0.3) is 0 Å². The highest BCUT2D eigenvalue weighted by Gasteiger charge is 2.39. The van der Waals surface area contributed by atoms with Crippen LogP contribution < -0.4 is 10.5 Å². The molecule has 0 heterocycles. The summed E-state index contributed by atoms with van der Waals surface area (Å²) < 4.78 is 42.2. The van der Waals surface area contributed by atoms with E-state index in [-0.39, 0.29) is 16.3 Å². The number of ether oxygens (including phenoxy) is 1. The fourth-order valence-corrected chi connectivity index (χ4v) is 1.44. The Kier molecular flexibility index (Phi) is 3.70. The van der Waals surface area contributed by atoms with Crippen LogP contribution in [-0.4, -0.2) is 13.3 Å². The predicted octanol–water partition coefficient (Wildman–Crippen LogP) is 3.22. The van der Waals surface area contributed by atoms with Crippen LogP contribution >= 0.6 is 11.6 Å². The molecule has 16 heavy (non-hydrogen) atoms. The van der Waals surface area contributed by atoms with E-state index in [0.29, 0.717) is 5.56 Å². The van der Waals surface area contributed by atoms with Crippen LogP contribution in [0, 0.1) is 6.92 Å². The minimum absolute atomic E-state index is 0.0896. The SMILES string of the molecule is COc1cc(C)c(Cl)cc1[C@@H](N)C(F)(F)F. The van der Waals surface area contributed by atoms with E-state index in [1.54, 1.807) is 6.92 Å². The number of rotatable bonds is 2. The molecule has 0 spiro atoms. The van der Waals surface area contributed by atoms with Crippen molar-refractivity contribution in [2.24, 2.45) is 5.73 Å². The number of hydrogen-bond donors (Lipinski definition) is 1. The van der Waals surface area contributed by atoms with Gasteiger partial charge in [-0.1, -0.05) is 11.6 Å². The van der Waals surface area contributed by atoms with E-state index in [4.69, 9.17) is 22.1 Å². The van der Waals surface area contributed by atoms with E-state index in [1.807, 2.05) is 0 Å². The summed E-state index contributed by atoms with van der Waals surface area (Å²) >= 11 is 5.76. The Morgan fingerprint density at radius 2 is 1.94 bits per heavy atom. The van der Waals surface area contributed by atoms with Gasteiger partial charge in [0.2, 0.25) is 0 Å². The maximum atomic E-state index is 12.5. The van der Waals surface area contributed by atoms with Crippen LogP contribution in [0.15, 0.2) is 12.1 Å². The first kappa shape index (κ1) is 13.1. The summed E-state index contributed by atoms with van der Waals surface area (Å²) in [6, 6.07) is 0.525. The Balaban J connectivity index is 3.27. The van der Waals surface area contributed by atoms with Gasteiger partial charge in [0.05, 0.1) is 7.11 Å². The maximum Gasteiger partial charge on any atom is 0.407 e. The molecule has 2 N–H and O–H groups in total. The van der Waals surface area contributed by atoms with Crippen LogP contribution in [-0.2, 0) is 0 Å². The lowest BCUT2D eigenvalue weighted by molar-refractivity contribution is -0.149. The quantitative estimate of drug-likeness (QED) is 0.878. The molecular formula is C10H11ClF3NO. The second kappa shape index (κ2) is 4.51. The molecule has 90 valence electrons. The van der Waals surface area contributed by atoms with E-state index in [9.17, 15) is 13.2 Å². The number of benzene rings is 1. The number of methoxy groups -OCH3 is 1. The van der Waals surface area contributed by atoms with Gasteiger partial charge in [0.15, 0.2) is 0 Å². The first-order valence-electron chi connectivity index (χ1n) is 4.43. The van der Waals surface area contributed by atoms with Gasteiger partial charge in [-0.15, -0.1) is 0 Å². The monoisotopic (exact) mass is 253 g/mol. The number of halogens is 4. The first-order valence-corrected chi connectivity index (χ1v) is 4.81. The standard InChI is InChI=1S/C10H11ClF3NO/c1-5-3-8(16-2)6(4-7(5)11)9(15)10(12,13)14/h3-4,9H,15H2,1-2H3/t9-/m1/s1. The van der Waals surface area contributed by atoms with Gasteiger partial charge in [0.25, 0.3) is 0 Å². The molecule has 0 fully saturated rings. The van der Waals surface area contributed by atoms with Crippen molar-refractivity contribution < 1.29 is 17.9 Å². The average molecular weight is 254 g/mol. The van der Waals surface area contributed by atoms with Gasteiger partial charge in [-0.3, -0.25) is 0 Å². The van der Waals surface area contributed by atoms with Crippen LogP contribution in [0.5, 0.6) is 5.75 Å². The highest BCUT2D eigenvalue weighted by Crippen LogP contribution is 2.37. The van der Waals surface area contributed by atoms with Crippen LogP contribution in [0.1, 0.15) is 17.2 Å². The number of alkyl halides is 3. The fraction of sp³-hybridized carbons (Fsp3) is 0.400. The summed E-state index contributed by atoms with van der Waals surface area (Å²) in [6.07, 6.45) is -4.52. The Labute approximate surface area is 96.1 Å². The fourth-order valence-electron chi connectivity index (χ4n) is 1.27. The van der Waals surface area contributed by atoms with Crippen molar-refractivity contribution in [3.63, 3.8) is 0 Å². The van der Waals surface area contributed by atoms with Crippen LogP contribution in [0.2, 0.25) is 5.02 Å². The minimum Gasteiger partial charge on any atom is -0.496 e. The molecule has 0 aliphatic rings. The van der Waals surface area contributed by atoms with Gasteiger partial charge in [-0.05, 0) is 24.6 Å². The van der Waals surface area contributed by atoms with Crippen LogP contribution in [0.3, 0.4) is 0 Å². The Hall–Kier alpha value is -0.940. The van der Waals surface area contributed by atoms with Crippen molar-refractivity contribution in [3.8, 4) is 5.75 Å². The van der Waals surface area contributed by atoms with Crippen molar-refractivity contribution in [2.45, 2.75) is 19.1 Å². The zero-order chi connectivity index (χ0) is 12.5. The van der Waals surface area contributed by atoms with E-state index >= 15 is 0 Å². The third kappa shape index (κ3) is 2.59. The van der Waals surface area contributed by atoms with Gasteiger partial charge in [0, 0.05) is 10.6 Å². The van der Waals surface area contributed by atoms with E-state index in [1.165, 1.54) is 19.2 Å². The molecule has 6 heteroatoms. The first-order chi connectivity index (χ1) is 7.27. The highest BCUT2D eigenvalue weighted by molar-refractivity contribution is 6.31. The average Bonchev–Trinajstić information content (AvgIpc) is 2.19. The Morgan fingerprint density at radius 1 is 1.38 bits per heavy atom. The molecule has 0 aliphatic carbocycles. The number of nitrogens with two attached hydrogens (primary N) is 1. The van der Waals surface area contributed by atoms with Gasteiger partial charge in [-0.25, -0.2) is 0 Å². The highest BCUT2D eigenvalue weighted by atomic mass is 35.5. The normalized spacial score (nSPS) is 13.7. The van der Waals surface area contributed by atoms with Crippen molar-refractivity contribution >= 4 is 11.6 Å². The summed E-state index contributed by atoms with van der Waals surface area (Å²) in [5, 5.41) is 0.232. The van der Waals surface area contributed by atoms with Gasteiger partial charge < -0.3 is 10.5 Å². The molecular weight excluding hydrogens is 243 g/mol. The lowest BCUT2D eigenvalue weighted by Gasteiger charge is -2.19. The summed E-state index contributed by atoms with van der Waals surface area (Å²) in [5.74, 6) is 0.0896. The third-order valence-electron chi connectivity index (χ3n) is 2.20. The van der Waals surface area contributed by atoms with Gasteiger partial charge >= 0.3 is 6.18 Å². The summed E-state index contributed by atoms with van der Waals surface area (Å²) in [6.45, 7) is 1.67. The number of hydrogen-bond acceptors (Lipinski definition) is 2. The topological polar surface area (TPSA) is 35.2 Å². The third-order valence-corrected chi connectivity index (χ3v) is 2.61. The number of aryl methyl sites for hydroxylation is 1. The molecule has 2 nitrogen and oxygen atoms in total. The molecule has 0 aliphatic heterocycles. The van der Waals surface area contributed by atoms with Crippen molar-refractivity contribution in [1.29, 1.82) is 0 Å². The molecule has 0 aromatic heterocycles. The zero-order valence-corrected chi connectivity index (χ0v) is 9.49. The molecule has 1 atom stereocenters. The van der Waals surface area contributed by atoms with Crippen molar-refractivity contribution in [3.05, 3.63) is 28.3 Å². The van der Waals surface area contributed by atoms with E-state index in [0.717, 1.165) is 0 Å². The lowest BCUT2D eigenvalue weighted by atomic mass is 10.0. The molecule has 0 saturated carbocycles. The van der Waals surface area contributed by atoms with Crippen LogP contribution in [0.4, 0.5) is 13.2 Å². The van der Waals surface area contributed by atoms with E-state index < -0.39 is 12.2 Å². The predicted molar refractivity (Wildman–Crippen MR) is 55.7 cm³/mol. The molecule has 0 radical (unpaired) electrons. The van der Waals surface area contributed by atoms with Crippen molar-refractivity contribution in [1.82, 2.24) is 0 Å². The smallest absolute Gasteiger partial charge is 0.407 e. The zero-order valence-electron chi connectivity index (χ0n) is 8.73. The van der Waals surface area contributed by atoms with Crippen molar-refractivity contribution in [2.75, 3.05) is 7.11 Å². The minimum atomic E-state index is -4.52. The molecule has 1 aromatic rings. The van der Waals surface area contributed by atoms with Gasteiger partial charge in [-0.2, -0.15) is 13.2 Å². The second-order valence-electron chi connectivity index (χ2n) is 3.36. The molecule has 0 unspecified atom stereocenters. The Morgan fingerprint density at radius 3 is 2.38 bits per heavy atom. The van der Waals surface area contributed by atoms with E-state index in [2.05, 4.69) is 0 Å². The summed E-state index contributed by atoms with van der Waals surface area (Å²) in [5.41, 5.74) is 5.58. The van der Waals surface area contributed by atoms with Gasteiger partial charge in [0.1, 0.15) is 11.8 Å². The molecule has 0 saturated heterocycles. The molecule has 0 amide bonds. The largest absolute Gasteiger partial charge is 0.496 e. The summed E-state index contributed by atoms with van der Waals surface area (Å²) in [7, 11) is 1.29. The Bertz CT molecular complexity index is 392. The molecule has 1 rings (SSSR count). The molecule has 1 aromatic carbocycles. The lowest BCUT2D eigenvalue weighted by Crippen LogP contribution is -2.28. The second-order valence-corrected chi connectivity index (χ2v) is 3.77. The maximum absolute atomic E-state index is 12.5. The molecule has 0 bridgehead atoms.